The summed E-state index contributed by atoms with van der Waals surface area (Å²) in [5, 5.41) is 2.25. The molecule has 0 amide bonds. The van der Waals surface area contributed by atoms with Crippen molar-refractivity contribution in [1.29, 1.82) is 0 Å². The lowest BCUT2D eigenvalue weighted by atomic mass is 9.67. The Hall–Kier alpha value is -9.76. The van der Waals surface area contributed by atoms with Crippen molar-refractivity contribution in [2.24, 2.45) is 0 Å². The van der Waals surface area contributed by atoms with Crippen molar-refractivity contribution in [1.82, 2.24) is 0 Å². The monoisotopic (exact) mass is 967 g/mol. The van der Waals surface area contributed by atoms with Gasteiger partial charge in [-0.15, -0.1) is 0 Å². The van der Waals surface area contributed by atoms with Crippen LogP contribution in [-0.2, 0) is 10.8 Å². The minimum atomic E-state index is -0.553. The number of benzene rings is 12. The molecule has 2 aliphatic rings. The van der Waals surface area contributed by atoms with E-state index in [0.717, 1.165) is 61.3 Å². The summed E-state index contributed by atoms with van der Waals surface area (Å²) in [6.45, 7) is 0. The second kappa shape index (κ2) is 17.4. The second-order valence-corrected chi connectivity index (χ2v) is 20.3. The van der Waals surface area contributed by atoms with E-state index in [0.29, 0.717) is 0 Å². The van der Waals surface area contributed by atoms with Crippen LogP contribution in [0.15, 0.2) is 302 Å². The van der Waals surface area contributed by atoms with E-state index in [-0.39, 0.29) is 0 Å². The molecule has 1 heterocycles. The Kier molecular flexibility index (Phi) is 10.0. The first-order chi connectivity index (χ1) is 37.7. The van der Waals surface area contributed by atoms with Crippen molar-refractivity contribution in [2.75, 3.05) is 4.90 Å². The lowest BCUT2D eigenvalue weighted by Gasteiger charge is -2.35. The van der Waals surface area contributed by atoms with Gasteiger partial charge in [0.1, 0.15) is 11.2 Å². The lowest BCUT2D eigenvalue weighted by Crippen LogP contribution is -2.28. The topological polar surface area (TPSA) is 16.4 Å². The number of para-hydroxylation sites is 2. The standard InChI is InChI=1S/C74H49NO/c1-5-22-53(23-6-1)73(54-24-7-2-8-25-54)68-37-17-14-32-62(68)66-48-52(41-46-69(66)73)51-21-19-30-58(47-51)75(57-42-39-50(40-43-57)60-34-20-35-65-64-33-15-18-38-71(64)76-72(60)65)59-44-45-63-61-31-13-16-36-67(61)74(70(63)49-59,55-26-9-3-10-27-55)56-28-11-4-12-29-56/h1-49H. The van der Waals surface area contributed by atoms with Crippen molar-refractivity contribution in [2.45, 2.75) is 10.8 Å². The summed E-state index contributed by atoms with van der Waals surface area (Å²) < 4.78 is 6.56. The zero-order valence-electron chi connectivity index (χ0n) is 41.6. The van der Waals surface area contributed by atoms with Crippen LogP contribution in [0.4, 0.5) is 17.1 Å². The first-order valence-corrected chi connectivity index (χ1v) is 26.3. The number of rotatable bonds is 9. The summed E-state index contributed by atoms with van der Waals surface area (Å²) >= 11 is 0. The van der Waals surface area contributed by atoms with Crippen LogP contribution in [0.3, 0.4) is 0 Å². The van der Waals surface area contributed by atoms with E-state index in [9.17, 15) is 0 Å². The number of furan rings is 1. The van der Waals surface area contributed by atoms with Gasteiger partial charge >= 0.3 is 0 Å². The molecule has 0 N–H and O–H groups in total. The third kappa shape index (κ3) is 6.47. The molecule has 2 aliphatic carbocycles. The fourth-order valence-corrected chi connectivity index (χ4v) is 13.2. The molecule has 0 spiro atoms. The van der Waals surface area contributed by atoms with Crippen LogP contribution in [0, 0.1) is 0 Å². The highest BCUT2D eigenvalue weighted by Gasteiger charge is 2.47. The molecule has 0 fully saturated rings. The highest BCUT2D eigenvalue weighted by atomic mass is 16.3. The molecular weight excluding hydrogens is 919 g/mol. The van der Waals surface area contributed by atoms with Gasteiger partial charge in [-0.05, 0) is 132 Å². The van der Waals surface area contributed by atoms with Crippen LogP contribution in [0.2, 0.25) is 0 Å². The van der Waals surface area contributed by atoms with E-state index >= 15 is 0 Å². The molecule has 0 radical (unpaired) electrons. The highest BCUT2D eigenvalue weighted by Crippen LogP contribution is 2.59. The smallest absolute Gasteiger partial charge is 0.143 e. The van der Waals surface area contributed by atoms with Crippen molar-refractivity contribution >= 4 is 39.0 Å². The number of nitrogens with zero attached hydrogens (tertiary/aromatic N) is 1. The van der Waals surface area contributed by atoms with Gasteiger partial charge in [0.25, 0.3) is 0 Å². The normalized spacial score (nSPS) is 13.5. The predicted octanol–water partition coefficient (Wildman–Crippen LogP) is 19.1. The molecule has 13 aromatic rings. The molecular formula is C74H49NO. The van der Waals surface area contributed by atoms with Crippen LogP contribution >= 0.6 is 0 Å². The van der Waals surface area contributed by atoms with Gasteiger partial charge in [-0.2, -0.15) is 0 Å². The average Bonchev–Trinajstić information content (AvgIpc) is 4.14. The fourth-order valence-electron chi connectivity index (χ4n) is 13.2. The molecule has 15 rings (SSSR count). The number of hydrogen-bond acceptors (Lipinski definition) is 2. The van der Waals surface area contributed by atoms with Gasteiger partial charge in [0.2, 0.25) is 0 Å². The maximum atomic E-state index is 6.56. The Labute approximate surface area is 443 Å². The van der Waals surface area contributed by atoms with Crippen molar-refractivity contribution in [3.63, 3.8) is 0 Å². The molecule has 0 saturated heterocycles. The van der Waals surface area contributed by atoms with E-state index in [2.05, 4.69) is 296 Å². The molecule has 12 aromatic carbocycles. The highest BCUT2D eigenvalue weighted by molar-refractivity contribution is 6.09. The van der Waals surface area contributed by atoms with E-state index < -0.39 is 10.8 Å². The van der Waals surface area contributed by atoms with Crippen molar-refractivity contribution < 1.29 is 4.42 Å². The van der Waals surface area contributed by atoms with Gasteiger partial charge in [0.05, 0.1) is 10.8 Å². The van der Waals surface area contributed by atoms with E-state index in [4.69, 9.17) is 4.42 Å². The maximum absolute atomic E-state index is 6.56. The zero-order chi connectivity index (χ0) is 50.2. The van der Waals surface area contributed by atoms with Crippen LogP contribution in [-0.4, -0.2) is 0 Å². The van der Waals surface area contributed by atoms with Crippen LogP contribution < -0.4 is 4.90 Å². The van der Waals surface area contributed by atoms with Gasteiger partial charge < -0.3 is 9.32 Å². The molecule has 1 aromatic heterocycles. The summed E-state index contributed by atoms with van der Waals surface area (Å²) in [4.78, 5) is 2.44. The van der Waals surface area contributed by atoms with Gasteiger partial charge in [-0.25, -0.2) is 0 Å². The van der Waals surface area contributed by atoms with Crippen LogP contribution in [0.5, 0.6) is 0 Å². The Morgan fingerprint density at radius 3 is 1.34 bits per heavy atom. The molecule has 0 bridgehead atoms. The van der Waals surface area contributed by atoms with Gasteiger partial charge in [0, 0.05) is 33.4 Å². The molecule has 2 nitrogen and oxygen atoms in total. The van der Waals surface area contributed by atoms with Crippen molar-refractivity contribution in [3.05, 3.63) is 342 Å². The predicted molar refractivity (Wildman–Crippen MR) is 314 cm³/mol. The molecule has 0 unspecified atom stereocenters. The molecule has 2 heteroatoms. The first kappa shape index (κ1) is 43.8. The Balaban J connectivity index is 0.918. The lowest BCUT2D eigenvalue weighted by molar-refractivity contribution is 0.670. The minimum absolute atomic E-state index is 0.463. The summed E-state index contributed by atoms with van der Waals surface area (Å²) in [5.41, 5.74) is 23.6. The summed E-state index contributed by atoms with van der Waals surface area (Å²) in [6.07, 6.45) is 0. The average molecular weight is 968 g/mol. The number of fused-ring (bicyclic) bond motifs is 9. The van der Waals surface area contributed by atoms with Gasteiger partial charge in [-0.1, -0.05) is 249 Å². The molecule has 0 saturated carbocycles. The first-order valence-electron chi connectivity index (χ1n) is 26.3. The summed E-state index contributed by atoms with van der Waals surface area (Å²) in [7, 11) is 0. The molecule has 76 heavy (non-hydrogen) atoms. The van der Waals surface area contributed by atoms with Gasteiger partial charge in [-0.3, -0.25) is 0 Å². The van der Waals surface area contributed by atoms with Crippen molar-refractivity contribution in [3.8, 4) is 44.5 Å². The summed E-state index contributed by atoms with van der Waals surface area (Å²) in [5.74, 6) is 0. The number of anilines is 3. The van der Waals surface area contributed by atoms with Crippen LogP contribution in [0.25, 0.3) is 66.4 Å². The summed E-state index contributed by atoms with van der Waals surface area (Å²) in [6, 6.07) is 109. The quantitative estimate of drug-likeness (QED) is 0.143. The largest absolute Gasteiger partial charge is 0.455 e. The van der Waals surface area contributed by atoms with Gasteiger partial charge in [0.15, 0.2) is 0 Å². The molecule has 0 aliphatic heterocycles. The third-order valence-corrected chi connectivity index (χ3v) is 16.4. The molecule has 0 atom stereocenters. The Bertz CT molecular complexity index is 4250. The minimum Gasteiger partial charge on any atom is -0.455 e. The zero-order valence-corrected chi connectivity index (χ0v) is 41.6. The van der Waals surface area contributed by atoms with Crippen LogP contribution in [0.1, 0.15) is 44.5 Å². The third-order valence-electron chi connectivity index (χ3n) is 16.4. The SMILES string of the molecule is c1ccc(C2(c3ccccc3)c3ccccc3-c3cc(-c4cccc(N(c5ccc(-c6cccc7c6oc6ccccc67)cc5)c5ccc6c(c5)C(c5ccccc5)(c5ccccc5)c5ccccc5-6)c4)ccc32)cc1. The molecule has 356 valence electrons. The Morgan fingerprint density at radius 2 is 0.697 bits per heavy atom. The Morgan fingerprint density at radius 1 is 0.250 bits per heavy atom. The number of hydrogen-bond donors (Lipinski definition) is 0. The van der Waals surface area contributed by atoms with E-state index in [1.165, 1.54) is 66.8 Å². The second-order valence-electron chi connectivity index (χ2n) is 20.3. The fraction of sp³-hybridized carbons (Fsp3) is 0.0270. The maximum Gasteiger partial charge on any atom is 0.143 e. The van der Waals surface area contributed by atoms with E-state index in [1.807, 2.05) is 6.07 Å². The van der Waals surface area contributed by atoms with E-state index in [1.54, 1.807) is 0 Å².